The van der Waals surface area contributed by atoms with Crippen LogP contribution in [0.5, 0.6) is 5.88 Å². The zero-order valence-corrected chi connectivity index (χ0v) is 9.57. The molecule has 4 heteroatoms. The Hall–Kier alpha value is -0.800. The van der Waals surface area contributed by atoms with E-state index in [1.165, 1.54) is 0 Å². The summed E-state index contributed by atoms with van der Waals surface area (Å²) in [7, 11) is 2.10. The van der Waals surface area contributed by atoms with Crippen molar-refractivity contribution in [3.8, 4) is 5.88 Å². The third-order valence-corrected chi connectivity index (χ3v) is 2.90. The van der Waals surface area contributed by atoms with Gasteiger partial charge in [0.15, 0.2) is 0 Å². The van der Waals surface area contributed by atoms with E-state index in [2.05, 4.69) is 16.9 Å². The zero-order valence-electron chi connectivity index (χ0n) is 8.82. The van der Waals surface area contributed by atoms with E-state index in [0.29, 0.717) is 11.8 Å². The molecule has 1 aromatic heterocycles. The fraction of sp³-hybridized carbons (Fsp3) is 0.545. The maximum atomic E-state index is 5.78. The predicted molar refractivity (Wildman–Crippen MR) is 60.3 cm³/mol. The van der Waals surface area contributed by atoms with Crippen LogP contribution in [0.4, 0.5) is 0 Å². The van der Waals surface area contributed by atoms with E-state index >= 15 is 0 Å². The van der Waals surface area contributed by atoms with Crippen LogP contribution in [0.1, 0.15) is 12.0 Å². The summed E-state index contributed by atoms with van der Waals surface area (Å²) in [5.41, 5.74) is 1.05. The maximum Gasteiger partial charge on any atom is 0.213 e. The van der Waals surface area contributed by atoms with Crippen LogP contribution in [0.25, 0.3) is 0 Å². The average Bonchev–Trinajstić information content (AvgIpc) is 2.64. The first-order chi connectivity index (χ1) is 7.28. The number of nitrogens with zero attached hydrogens (tertiary/aromatic N) is 2. The van der Waals surface area contributed by atoms with Gasteiger partial charge < -0.3 is 9.64 Å². The molecular weight excluding hydrogens is 212 g/mol. The molecule has 0 aliphatic carbocycles. The molecule has 15 heavy (non-hydrogen) atoms. The molecule has 1 aliphatic heterocycles. The molecule has 3 nitrogen and oxygen atoms in total. The molecule has 82 valence electrons. The van der Waals surface area contributed by atoms with Gasteiger partial charge in [-0.05, 0) is 25.1 Å². The lowest BCUT2D eigenvalue weighted by Crippen LogP contribution is -2.21. The summed E-state index contributed by atoms with van der Waals surface area (Å²) in [6.07, 6.45) is 3.09. The van der Waals surface area contributed by atoms with Gasteiger partial charge in [0.2, 0.25) is 5.88 Å². The predicted octanol–water partition coefficient (Wildman–Crippen LogP) is 1.90. The minimum atomic E-state index is 0.271. The van der Waals surface area contributed by atoms with Gasteiger partial charge in [0.25, 0.3) is 0 Å². The monoisotopic (exact) mass is 226 g/mol. The van der Waals surface area contributed by atoms with Crippen LogP contribution < -0.4 is 4.74 Å². The molecule has 0 saturated carbocycles. The third-order valence-electron chi connectivity index (χ3n) is 2.59. The number of alkyl halides is 1. The molecule has 0 aromatic carbocycles. The van der Waals surface area contributed by atoms with Crippen LogP contribution in [-0.4, -0.2) is 36.1 Å². The van der Waals surface area contributed by atoms with Crippen molar-refractivity contribution in [3.05, 3.63) is 23.9 Å². The highest BCUT2D eigenvalue weighted by Gasteiger charge is 2.21. The molecular formula is C11H15ClN2O. The molecule has 2 rings (SSSR count). The van der Waals surface area contributed by atoms with Gasteiger partial charge in [0.05, 0.1) is 0 Å². The van der Waals surface area contributed by atoms with Crippen LogP contribution in [0.2, 0.25) is 0 Å². The normalized spacial score (nSPS) is 21.9. The van der Waals surface area contributed by atoms with Crippen molar-refractivity contribution < 1.29 is 4.74 Å². The molecule has 1 fully saturated rings. The number of ether oxygens (including phenoxy) is 1. The van der Waals surface area contributed by atoms with Crippen LogP contribution in [0.15, 0.2) is 18.3 Å². The van der Waals surface area contributed by atoms with Crippen molar-refractivity contribution in [1.29, 1.82) is 0 Å². The van der Waals surface area contributed by atoms with Crippen molar-refractivity contribution in [1.82, 2.24) is 9.88 Å². The second-order valence-corrected chi connectivity index (χ2v) is 4.19. The van der Waals surface area contributed by atoms with Crippen molar-refractivity contribution >= 4 is 11.6 Å². The van der Waals surface area contributed by atoms with Gasteiger partial charge in [-0.25, -0.2) is 4.98 Å². The first-order valence-corrected chi connectivity index (χ1v) is 5.67. The molecule has 0 radical (unpaired) electrons. The smallest absolute Gasteiger partial charge is 0.213 e. The van der Waals surface area contributed by atoms with Crippen molar-refractivity contribution in [2.75, 3.05) is 20.1 Å². The molecule has 1 aliphatic rings. The Morgan fingerprint density at radius 2 is 2.53 bits per heavy atom. The Morgan fingerprint density at radius 1 is 1.67 bits per heavy atom. The van der Waals surface area contributed by atoms with E-state index in [-0.39, 0.29) is 6.10 Å². The number of halogens is 1. The fourth-order valence-corrected chi connectivity index (χ4v) is 1.93. The van der Waals surface area contributed by atoms with E-state index in [1.807, 2.05) is 12.1 Å². The summed E-state index contributed by atoms with van der Waals surface area (Å²) < 4.78 is 5.78. The highest BCUT2D eigenvalue weighted by Crippen LogP contribution is 2.17. The van der Waals surface area contributed by atoms with E-state index in [9.17, 15) is 0 Å². The number of likely N-dealkylation sites (N-methyl/N-ethyl adjacent to an activating group) is 1. The van der Waals surface area contributed by atoms with E-state index in [4.69, 9.17) is 16.3 Å². The number of hydrogen-bond donors (Lipinski definition) is 0. The third kappa shape index (κ3) is 2.83. The first kappa shape index (κ1) is 10.7. The lowest BCUT2D eigenvalue weighted by atomic mass is 10.3. The summed E-state index contributed by atoms with van der Waals surface area (Å²) in [5, 5.41) is 0. The molecule has 0 bridgehead atoms. The van der Waals surface area contributed by atoms with E-state index < -0.39 is 0 Å². The Balaban J connectivity index is 1.98. The highest BCUT2D eigenvalue weighted by molar-refractivity contribution is 6.17. The minimum absolute atomic E-state index is 0.271. The number of pyridine rings is 1. The lowest BCUT2D eigenvalue weighted by Gasteiger charge is -2.12. The molecule has 1 aromatic rings. The Labute approximate surface area is 95.0 Å². The molecule has 2 heterocycles. The molecule has 1 atom stereocenters. The van der Waals surface area contributed by atoms with Gasteiger partial charge in [-0.3, -0.25) is 0 Å². The van der Waals surface area contributed by atoms with Gasteiger partial charge in [0, 0.05) is 31.2 Å². The first-order valence-electron chi connectivity index (χ1n) is 5.14. The van der Waals surface area contributed by atoms with Crippen molar-refractivity contribution in [3.63, 3.8) is 0 Å². The Kier molecular flexibility index (Phi) is 3.44. The average molecular weight is 227 g/mol. The number of hydrogen-bond acceptors (Lipinski definition) is 3. The van der Waals surface area contributed by atoms with Gasteiger partial charge in [-0.15, -0.1) is 11.6 Å². The summed E-state index contributed by atoms with van der Waals surface area (Å²) in [5.74, 6) is 1.19. The molecule has 1 saturated heterocycles. The molecule has 0 spiro atoms. The topological polar surface area (TPSA) is 25.4 Å². The van der Waals surface area contributed by atoms with Crippen LogP contribution in [-0.2, 0) is 5.88 Å². The number of aromatic nitrogens is 1. The van der Waals surface area contributed by atoms with E-state index in [0.717, 1.165) is 25.1 Å². The molecule has 0 amide bonds. The van der Waals surface area contributed by atoms with Crippen molar-refractivity contribution in [2.24, 2.45) is 0 Å². The molecule has 0 N–H and O–H groups in total. The second kappa shape index (κ2) is 4.81. The quantitative estimate of drug-likeness (QED) is 0.737. The van der Waals surface area contributed by atoms with Gasteiger partial charge in [-0.1, -0.05) is 0 Å². The largest absolute Gasteiger partial charge is 0.473 e. The SMILES string of the molecule is CN1CCC(Oc2cc(CCl)ccn2)C1. The Bertz CT molecular complexity index is 332. The summed E-state index contributed by atoms with van der Waals surface area (Å²) in [4.78, 5) is 6.44. The summed E-state index contributed by atoms with van der Waals surface area (Å²) >= 11 is 5.75. The van der Waals surface area contributed by atoms with Gasteiger partial charge in [-0.2, -0.15) is 0 Å². The van der Waals surface area contributed by atoms with Crippen LogP contribution in [0, 0.1) is 0 Å². The number of likely N-dealkylation sites (tertiary alicyclic amines) is 1. The van der Waals surface area contributed by atoms with Crippen LogP contribution in [0.3, 0.4) is 0 Å². The lowest BCUT2D eigenvalue weighted by molar-refractivity contribution is 0.200. The fourth-order valence-electron chi connectivity index (χ4n) is 1.76. The standard InChI is InChI=1S/C11H15ClN2O/c1-14-5-3-10(8-14)15-11-6-9(7-12)2-4-13-11/h2,4,6,10H,3,5,7-8H2,1H3. The summed E-state index contributed by atoms with van der Waals surface area (Å²) in [6, 6.07) is 3.81. The second-order valence-electron chi connectivity index (χ2n) is 3.93. The Morgan fingerprint density at radius 3 is 3.20 bits per heavy atom. The molecule has 1 unspecified atom stereocenters. The highest BCUT2D eigenvalue weighted by atomic mass is 35.5. The van der Waals surface area contributed by atoms with Crippen LogP contribution >= 0.6 is 11.6 Å². The van der Waals surface area contributed by atoms with Gasteiger partial charge >= 0.3 is 0 Å². The maximum absolute atomic E-state index is 5.78. The summed E-state index contributed by atoms with van der Waals surface area (Å²) in [6.45, 7) is 2.08. The van der Waals surface area contributed by atoms with Crippen molar-refractivity contribution in [2.45, 2.75) is 18.4 Å². The number of rotatable bonds is 3. The van der Waals surface area contributed by atoms with Gasteiger partial charge in [0.1, 0.15) is 6.10 Å². The van der Waals surface area contributed by atoms with E-state index in [1.54, 1.807) is 6.20 Å². The zero-order chi connectivity index (χ0) is 10.7. The minimum Gasteiger partial charge on any atom is -0.473 e.